The molecule has 3 aromatic carbocycles. The fraction of sp³-hybridized carbons (Fsp3) is 0.346. The third-order valence-electron chi connectivity index (χ3n) is 6.87. The lowest BCUT2D eigenvalue weighted by atomic mass is 10.0. The molecule has 0 aromatic heterocycles. The molecule has 2 saturated heterocycles. The van der Waals surface area contributed by atoms with E-state index in [2.05, 4.69) is 41.3 Å². The third-order valence-corrected chi connectivity index (χ3v) is 9.54. The second-order valence-corrected chi connectivity index (χ2v) is 11.8. The summed E-state index contributed by atoms with van der Waals surface area (Å²) in [6.07, 6.45) is 1.64. The molecule has 6 nitrogen and oxygen atoms in total. The van der Waals surface area contributed by atoms with Gasteiger partial charge in [-0.2, -0.15) is 4.31 Å². The summed E-state index contributed by atoms with van der Waals surface area (Å²) < 4.78 is 27.6. The third kappa shape index (κ3) is 4.93. The first-order valence-electron chi connectivity index (χ1n) is 11.8. The van der Waals surface area contributed by atoms with E-state index < -0.39 is 10.0 Å². The number of piperazine rings is 1. The van der Waals surface area contributed by atoms with Gasteiger partial charge in [-0.05, 0) is 41.3 Å². The number of amides is 1. The van der Waals surface area contributed by atoms with Crippen LogP contribution in [-0.4, -0.2) is 67.7 Å². The molecule has 5 rings (SSSR count). The Labute approximate surface area is 216 Å². The highest BCUT2D eigenvalue weighted by molar-refractivity contribution is 7.89. The Hall–Kier alpha value is -2.16. The van der Waals surface area contributed by atoms with Gasteiger partial charge in [-0.15, -0.1) is 0 Å². The standard InChI is InChI=1S/C26H27Cl2N3O3S/c27-23-17-24(28)25(35(33,34)31-10-3-4-11-31)16-22(23)26(32)30-14-12-29(13-15-30)18-20-8-5-7-19-6-1-2-9-21(19)20/h1-2,5-9,16-17H,3-4,10-15,18H2. The van der Waals surface area contributed by atoms with Gasteiger partial charge in [0.25, 0.3) is 5.91 Å². The lowest BCUT2D eigenvalue weighted by molar-refractivity contribution is 0.0629. The Bertz CT molecular complexity index is 1360. The Morgan fingerprint density at radius 1 is 0.829 bits per heavy atom. The molecule has 3 aromatic rings. The molecule has 2 aliphatic heterocycles. The molecule has 0 atom stereocenters. The topological polar surface area (TPSA) is 60.9 Å². The average molecular weight is 532 g/mol. The van der Waals surface area contributed by atoms with E-state index in [0.717, 1.165) is 32.5 Å². The number of carbonyl (C=O) groups excluding carboxylic acids is 1. The molecule has 9 heteroatoms. The maximum absolute atomic E-state index is 13.3. The largest absolute Gasteiger partial charge is 0.336 e. The van der Waals surface area contributed by atoms with Crippen molar-refractivity contribution in [2.75, 3.05) is 39.3 Å². The highest BCUT2D eigenvalue weighted by atomic mass is 35.5. The predicted octanol–water partition coefficient (Wildman–Crippen LogP) is 4.89. The van der Waals surface area contributed by atoms with E-state index in [1.54, 1.807) is 4.90 Å². The summed E-state index contributed by atoms with van der Waals surface area (Å²) in [5, 5.41) is 2.67. The van der Waals surface area contributed by atoms with Gasteiger partial charge in [-0.3, -0.25) is 9.69 Å². The Morgan fingerprint density at radius 2 is 1.51 bits per heavy atom. The molecular weight excluding hydrogens is 505 g/mol. The van der Waals surface area contributed by atoms with Crippen molar-refractivity contribution >= 4 is 49.9 Å². The quantitative estimate of drug-likeness (QED) is 0.470. The number of hydrogen-bond donors (Lipinski definition) is 0. The average Bonchev–Trinajstić information content (AvgIpc) is 3.40. The number of hydrogen-bond acceptors (Lipinski definition) is 4. The number of sulfonamides is 1. The zero-order valence-corrected chi connectivity index (χ0v) is 21.6. The zero-order chi connectivity index (χ0) is 24.6. The maximum atomic E-state index is 13.3. The summed E-state index contributed by atoms with van der Waals surface area (Å²) in [6, 6.07) is 17.4. The molecule has 0 N–H and O–H groups in total. The Balaban J connectivity index is 1.30. The SMILES string of the molecule is O=C(c1cc(S(=O)(=O)N2CCCC2)c(Cl)cc1Cl)N1CCN(Cc2cccc3ccccc23)CC1. The number of nitrogens with zero attached hydrogens (tertiary/aromatic N) is 3. The van der Waals surface area contributed by atoms with Crippen LogP contribution in [0.1, 0.15) is 28.8 Å². The zero-order valence-electron chi connectivity index (χ0n) is 19.3. The van der Waals surface area contributed by atoms with E-state index in [1.165, 1.54) is 32.8 Å². The molecule has 2 aliphatic rings. The summed E-state index contributed by atoms with van der Waals surface area (Å²) in [5.41, 5.74) is 1.44. The Kier molecular flexibility index (Phi) is 7.06. The number of benzene rings is 3. The van der Waals surface area contributed by atoms with Crippen LogP contribution in [0.15, 0.2) is 59.5 Å². The maximum Gasteiger partial charge on any atom is 0.255 e. The van der Waals surface area contributed by atoms with Crippen LogP contribution in [0, 0.1) is 0 Å². The molecule has 0 unspecified atom stereocenters. The minimum Gasteiger partial charge on any atom is -0.336 e. The van der Waals surface area contributed by atoms with Crippen molar-refractivity contribution in [3.8, 4) is 0 Å². The van der Waals surface area contributed by atoms with Crippen LogP contribution in [0.25, 0.3) is 10.8 Å². The van der Waals surface area contributed by atoms with Gasteiger partial charge in [0.05, 0.1) is 15.6 Å². The lowest BCUT2D eigenvalue weighted by Gasteiger charge is -2.35. The second kappa shape index (κ2) is 10.1. The van der Waals surface area contributed by atoms with Crippen LogP contribution in [0.5, 0.6) is 0 Å². The van der Waals surface area contributed by atoms with Crippen molar-refractivity contribution in [3.05, 3.63) is 75.8 Å². The van der Waals surface area contributed by atoms with Crippen LogP contribution in [0.2, 0.25) is 10.0 Å². The lowest BCUT2D eigenvalue weighted by Crippen LogP contribution is -2.48. The minimum atomic E-state index is -3.77. The van der Waals surface area contributed by atoms with Crippen LogP contribution >= 0.6 is 23.2 Å². The van der Waals surface area contributed by atoms with E-state index in [-0.39, 0.29) is 26.4 Å². The predicted molar refractivity (Wildman–Crippen MR) is 140 cm³/mol. The molecule has 0 bridgehead atoms. The van der Waals surface area contributed by atoms with E-state index in [0.29, 0.717) is 26.2 Å². The first-order valence-corrected chi connectivity index (χ1v) is 14.0. The van der Waals surface area contributed by atoms with Gasteiger partial charge in [0.1, 0.15) is 4.90 Å². The molecule has 0 spiro atoms. The number of halogens is 2. The minimum absolute atomic E-state index is 0.0401. The summed E-state index contributed by atoms with van der Waals surface area (Å²) in [7, 11) is -3.77. The molecule has 0 radical (unpaired) electrons. The van der Waals surface area contributed by atoms with E-state index in [4.69, 9.17) is 23.2 Å². The number of rotatable bonds is 5. The van der Waals surface area contributed by atoms with Crippen LogP contribution in [-0.2, 0) is 16.6 Å². The molecule has 35 heavy (non-hydrogen) atoms. The van der Waals surface area contributed by atoms with Crippen molar-refractivity contribution in [1.29, 1.82) is 0 Å². The summed E-state index contributed by atoms with van der Waals surface area (Å²) in [4.78, 5) is 17.4. The molecule has 0 aliphatic carbocycles. The highest BCUT2D eigenvalue weighted by Crippen LogP contribution is 2.33. The fourth-order valence-corrected chi connectivity index (χ4v) is 7.25. The van der Waals surface area contributed by atoms with Gasteiger partial charge in [0.2, 0.25) is 10.0 Å². The van der Waals surface area contributed by atoms with E-state index in [9.17, 15) is 13.2 Å². The van der Waals surface area contributed by atoms with Crippen molar-refractivity contribution < 1.29 is 13.2 Å². The van der Waals surface area contributed by atoms with Crippen LogP contribution in [0.4, 0.5) is 0 Å². The molecule has 0 saturated carbocycles. The molecule has 184 valence electrons. The molecule has 1 amide bonds. The van der Waals surface area contributed by atoms with Crippen LogP contribution in [0.3, 0.4) is 0 Å². The fourth-order valence-electron chi connectivity index (χ4n) is 4.91. The summed E-state index contributed by atoms with van der Waals surface area (Å²) in [6.45, 7) is 4.25. The summed E-state index contributed by atoms with van der Waals surface area (Å²) >= 11 is 12.6. The summed E-state index contributed by atoms with van der Waals surface area (Å²) in [5.74, 6) is -0.269. The smallest absolute Gasteiger partial charge is 0.255 e. The molecule has 2 fully saturated rings. The molecule has 2 heterocycles. The molecular formula is C26H27Cl2N3O3S. The van der Waals surface area contributed by atoms with Gasteiger partial charge >= 0.3 is 0 Å². The number of fused-ring (bicyclic) bond motifs is 1. The number of carbonyl (C=O) groups is 1. The van der Waals surface area contributed by atoms with Gasteiger partial charge in [-0.25, -0.2) is 8.42 Å². The first-order chi connectivity index (χ1) is 16.8. The van der Waals surface area contributed by atoms with Gasteiger partial charge in [-0.1, -0.05) is 65.7 Å². The van der Waals surface area contributed by atoms with Crippen molar-refractivity contribution in [3.63, 3.8) is 0 Å². The highest BCUT2D eigenvalue weighted by Gasteiger charge is 2.32. The van der Waals surface area contributed by atoms with E-state index >= 15 is 0 Å². The van der Waals surface area contributed by atoms with Gasteiger partial charge in [0, 0.05) is 45.8 Å². The monoisotopic (exact) mass is 531 g/mol. The van der Waals surface area contributed by atoms with Gasteiger partial charge < -0.3 is 4.90 Å². The van der Waals surface area contributed by atoms with Crippen molar-refractivity contribution in [2.45, 2.75) is 24.3 Å². The van der Waals surface area contributed by atoms with Gasteiger partial charge in [0.15, 0.2) is 0 Å². The van der Waals surface area contributed by atoms with Crippen molar-refractivity contribution in [2.24, 2.45) is 0 Å². The normalized spacial score (nSPS) is 17.8. The van der Waals surface area contributed by atoms with Crippen molar-refractivity contribution in [1.82, 2.24) is 14.1 Å². The second-order valence-electron chi connectivity index (χ2n) is 9.08. The van der Waals surface area contributed by atoms with Crippen LogP contribution < -0.4 is 0 Å². The Morgan fingerprint density at radius 3 is 2.26 bits per heavy atom. The van der Waals surface area contributed by atoms with E-state index in [1.807, 2.05) is 6.07 Å². The first kappa shape index (κ1) is 24.5.